The van der Waals surface area contributed by atoms with E-state index in [4.69, 9.17) is 5.11 Å². The SMILES string of the molecule is CSCCNCC(C)=CC(=O)O. The Morgan fingerprint density at radius 1 is 1.67 bits per heavy atom. The maximum absolute atomic E-state index is 10.2. The molecule has 0 aliphatic carbocycles. The zero-order chi connectivity index (χ0) is 9.40. The first-order valence-corrected chi connectivity index (χ1v) is 5.16. The van der Waals surface area contributed by atoms with Crippen LogP contribution >= 0.6 is 11.8 Å². The van der Waals surface area contributed by atoms with Gasteiger partial charge in [-0.15, -0.1) is 0 Å². The summed E-state index contributed by atoms with van der Waals surface area (Å²) in [5.41, 5.74) is 0.851. The fourth-order valence-electron chi connectivity index (χ4n) is 0.722. The molecule has 12 heavy (non-hydrogen) atoms. The van der Waals surface area contributed by atoms with Crippen LogP contribution in [0.2, 0.25) is 0 Å². The number of nitrogens with one attached hydrogen (secondary N) is 1. The zero-order valence-electron chi connectivity index (χ0n) is 7.46. The van der Waals surface area contributed by atoms with Gasteiger partial charge in [0.15, 0.2) is 0 Å². The van der Waals surface area contributed by atoms with Crippen LogP contribution in [0.15, 0.2) is 11.6 Å². The van der Waals surface area contributed by atoms with Gasteiger partial charge in [-0.1, -0.05) is 5.57 Å². The van der Waals surface area contributed by atoms with Crippen LogP contribution in [0.4, 0.5) is 0 Å². The van der Waals surface area contributed by atoms with Gasteiger partial charge in [-0.3, -0.25) is 0 Å². The lowest BCUT2D eigenvalue weighted by atomic mass is 10.3. The summed E-state index contributed by atoms with van der Waals surface area (Å²) in [6.07, 6.45) is 3.27. The Hall–Kier alpha value is -0.480. The second-order valence-electron chi connectivity index (χ2n) is 2.50. The van der Waals surface area contributed by atoms with E-state index in [9.17, 15) is 4.79 Å². The molecule has 0 heterocycles. The lowest BCUT2D eigenvalue weighted by molar-refractivity contribution is -0.131. The smallest absolute Gasteiger partial charge is 0.328 e. The van der Waals surface area contributed by atoms with E-state index in [1.807, 2.05) is 6.26 Å². The average Bonchev–Trinajstić information content (AvgIpc) is 1.97. The van der Waals surface area contributed by atoms with Crippen molar-refractivity contribution in [2.75, 3.05) is 25.1 Å². The number of hydrogen-bond acceptors (Lipinski definition) is 3. The summed E-state index contributed by atoms with van der Waals surface area (Å²) in [5, 5.41) is 11.5. The maximum atomic E-state index is 10.2. The van der Waals surface area contributed by atoms with Gasteiger partial charge in [-0.25, -0.2) is 4.79 Å². The second-order valence-corrected chi connectivity index (χ2v) is 3.48. The summed E-state index contributed by atoms with van der Waals surface area (Å²) >= 11 is 1.77. The molecule has 0 aromatic carbocycles. The Kier molecular flexibility index (Phi) is 6.90. The van der Waals surface area contributed by atoms with Crippen LogP contribution in [0.25, 0.3) is 0 Å². The normalized spacial score (nSPS) is 11.7. The summed E-state index contributed by atoms with van der Waals surface area (Å²) in [4.78, 5) is 10.2. The lowest BCUT2D eigenvalue weighted by Crippen LogP contribution is -2.19. The van der Waals surface area contributed by atoms with Gasteiger partial charge in [0.25, 0.3) is 0 Å². The van der Waals surface area contributed by atoms with Gasteiger partial charge in [0.2, 0.25) is 0 Å². The van der Waals surface area contributed by atoms with Crippen LogP contribution in [-0.2, 0) is 4.79 Å². The lowest BCUT2D eigenvalue weighted by Gasteiger charge is -2.02. The molecule has 0 aromatic rings. The van der Waals surface area contributed by atoms with Crippen molar-refractivity contribution >= 4 is 17.7 Å². The van der Waals surface area contributed by atoms with Crippen LogP contribution in [0.3, 0.4) is 0 Å². The molecule has 0 atom stereocenters. The van der Waals surface area contributed by atoms with Crippen molar-refractivity contribution < 1.29 is 9.90 Å². The highest BCUT2D eigenvalue weighted by Gasteiger charge is 1.93. The third-order valence-electron chi connectivity index (χ3n) is 1.26. The molecule has 0 rings (SSSR count). The second kappa shape index (κ2) is 7.18. The van der Waals surface area contributed by atoms with E-state index in [1.165, 1.54) is 6.08 Å². The first-order valence-electron chi connectivity index (χ1n) is 3.76. The predicted molar refractivity (Wildman–Crippen MR) is 52.6 cm³/mol. The maximum Gasteiger partial charge on any atom is 0.328 e. The first kappa shape index (κ1) is 11.5. The van der Waals surface area contributed by atoms with E-state index < -0.39 is 5.97 Å². The summed E-state index contributed by atoms with van der Waals surface area (Å²) in [6, 6.07) is 0. The minimum atomic E-state index is -0.876. The van der Waals surface area contributed by atoms with E-state index >= 15 is 0 Å². The third-order valence-corrected chi connectivity index (χ3v) is 1.87. The molecule has 0 amide bonds. The first-order chi connectivity index (χ1) is 5.66. The Balaban J connectivity index is 3.43. The van der Waals surface area contributed by atoms with E-state index in [1.54, 1.807) is 18.7 Å². The van der Waals surface area contributed by atoms with Crippen LogP contribution in [0.1, 0.15) is 6.92 Å². The molecule has 0 fully saturated rings. The number of rotatable bonds is 6. The van der Waals surface area contributed by atoms with E-state index in [0.29, 0.717) is 6.54 Å². The van der Waals surface area contributed by atoms with Crippen molar-refractivity contribution in [1.29, 1.82) is 0 Å². The molecule has 0 aromatic heterocycles. The van der Waals surface area contributed by atoms with Gasteiger partial charge in [0.05, 0.1) is 0 Å². The van der Waals surface area contributed by atoms with Gasteiger partial charge in [-0.2, -0.15) is 11.8 Å². The van der Waals surface area contributed by atoms with Gasteiger partial charge in [0.1, 0.15) is 0 Å². The number of hydrogen-bond donors (Lipinski definition) is 2. The highest BCUT2D eigenvalue weighted by atomic mass is 32.2. The molecule has 0 aliphatic heterocycles. The zero-order valence-corrected chi connectivity index (χ0v) is 8.28. The summed E-state index contributed by atoms with van der Waals surface area (Å²) in [5.74, 6) is 0.180. The van der Waals surface area contributed by atoms with Crippen molar-refractivity contribution in [3.63, 3.8) is 0 Å². The van der Waals surface area contributed by atoms with Crippen molar-refractivity contribution in [3.8, 4) is 0 Å². The van der Waals surface area contributed by atoms with Gasteiger partial charge >= 0.3 is 5.97 Å². The van der Waals surface area contributed by atoms with Crippen molar-refractivity contribution in [1.82, 2.24) is 5.32 Å². The molecule has 3 nitrogen and oxygen atoms in total. The number of carboxylic acid groups (broad SMARTS) is 1. The van der Waals surface area contributed by atoms with E-state index in [2.05, 4.69) is 5.32 Å². The molecule has 0 spiro atoms. The fraction of sp³-hybridized carbons (Fsp3) is 0.625. The van der Waals surface area contributed by atoms with Crippen LogP contribution in [0, 0.1) is 0 Å². The topological polar surface area (TPSA) is 49.3 Å². The van der Waals surface area contributed by atoms with Crippen LogP contribution < -0.4 is 5.32 Å². The Morgan fingerprint density at radius 2 is 2.33 bits per heavy atom. The third kappa shape index (κ3) is 7.63. The Bertz CT molecular complexity index is 168. The summed E-state index contributed by atoms with van der Waals surface area (Å²) in [6.45, 7) is 3.39. The van der Waals surface area contributed by atoms with Gasteiger partial charge in [-0.05, 0) is 13.2 Å². The summed E-state index contributed by atoms with van der Waals surface area (Å²) < 4.78 is 0. The Morgan fingerprint density at radius 3 is 2.83 bits per heavy atom. The van der Waals surface area contributed by atoms with Gasteiger partial charge < -0.3 is 10.4 Å². The number of thioether (sulfide) groups is 1. The van der Waals surface area contributed by atoms with Crippen molar-refractivity contribution in [3.05, 3.63) is 11.6 Å². The molecule has 4 heteroatoms. The fourth-order valence-corrected chi connectivity index (χ4v) is 1.07. The van der Waals surface area contributed by atoms with Crippen molar-refractivity contribution in [2.24, 2.45) is 0 Å². The molecule has 70 valence electrons. The molecular formula is C8H15NO2S. The molecule has 0 aliphatic rings. The molecule has 0 radical (unpaired) electrons. The highest BCUT2D eigenvalue weighted by molar-refractivity contribution is 7.98. The average molecular weight is 189 g/mol. The minimum absolute atomic E-state index is 0.660. The molecule has 0 unspecified atom stereocenters. The molecular weight excluding hydrogens is 174 g/mol. The molecule has 2 N–H and O–H groups in total. The predicted octanol–water partition coefficient (Wildman–Crippen LogP) is 0.970. The monoisotopic (exact) mass is 189 g/mol. The number of carboxylic acids is 1. The van der Waals surface area contributed by atoms with Crippen molar-refractivity contribution in [2.45, 2.75) is 6.92 Å². The molecule has 0 saturated heterocycles. The highest BCUT2D eigenvalue weighted by Crippen LogP contribution is 1.91. The standard InChI is InChI=1S/C8H15NO2S/c1-7(5-8(10)11)6-9-3-4-12-2/h5,9H,3-4,6H2,1-2H3,(H,10,11). The minimum Gasteiger partial charge on any atom is -0.478 e. The molecule has 0 saturated carbocycles. The van der Waals surface area contributed by atoms with Crippen LogP contribution in [-0.4, -0.2) is 36.2 Å². The largest absolute Gasteiger partial charge is 0.478 e. The Labute approximate surface area is 77.2 Å². The van der Waals surface area contributed by atoms with E-state index in [-0.39, 0.29) is 0 Å². The summed E-state index contributed by atoms with van der Waals surface area (Å²) in [7, 11) is 0. The van der Waals surface area contributed by atoms with Gasteiger partial charge in [0, 0.05) is 24.9 Å². The van der Waals surface area contributed by atoms with E-state index in [0.717, 1.165) is 17.9 Å². The number of carbonyl (C=O) groups is 1. The molecule has 0 bridgehead atoms. The quantitative estimate of drug-likeness (QED) is 0.483. The van der Waals surface area contributed by atoms with Crippen LogP contribution in [0.5, 0.6) is 0 Å². The number of aliphatic carboxylic acids is 1.